The summed E-state index contributed by atoms with van der Waals surface area (Å²) in [5.41, 5.74) is 4.60. The Balaban J connectivity index is 1.68. The van der Waals surface area contributed by atoms with Crippen molar-refractivity contribution in [3.63, 3.8) is 0 Å². The van der Waals surface area contributed by atoms with Crippen molar-refractivity contribution < 1.29 is 9.72 Å². The number of nitro groups is 1. The molecule has 3 aromatic rings. The van der Waals surface area contributed by atoms with Gasteiger partial charge in [0.25, 0.3) is 5.69 Å². The van der Waals surface area contributed by atoms with E-state index in [0.717, 1.165) is 22.4 Å². The first-order valence-electron chi connectivity index (χ1n) is 8.39. The molecule has 0 atom stereocenters. The SMILES string of the molecule is Cc1cc(C)c(-n2nnnc2SCC(=O)Nc2ccc([N+](=O)[O-])cc2)c(C)c1. The van der Waals surface area contributed by atoms with Crippen LogP contribution in [0, 0.1) is 30.9 Å². The Bertz CT molecular complexity index is 1010. The number of aromatic nitrogens is 4. The van der Waals surface area contributed by atoms with Crippen LogP contribution in [-0.2, 0) is 4.79 Å². The number of tetrazole rings is 1. The second kappa shape index (κ2) is 8.17. The Morgan fingerprint density at radius 1 is 1.18 bits per heavy atom. The van der Waals surface area contributed by atoms with Gasteiger partial charge in [-0.1, -0.05) is 29.5 Å². The summed E-state index contributed by atoms with van der Waals surface area (Å²) in [7, 11) is 0. The molecule has 9 nitrogen and oxygen atoms in total. The number of nitrogens with one attached hydrogen (secondary N) is 1. The molecule has 0 bridgehead atoms. The molecule has 1 amide bonds. The van der Waals surface area contributed by atoms with Crippen molar-refractivity contribution in [3.8, 4) is 5.69 Å². The molecule has 0 aliphatic rings. The zero-order valence-corrected chi connectivity index (χ0v) is 16.4. The molecule has 0 radical (unpaired) electrons. The second-order valence-corrected chi connectivity index (χ2v) is 7.20. The van der Waals surface area contributed by atoms with E-state index < -0.39 is 4.92 Å². The molecule has 0 unspecified atom stereocenters. The number of carbonyl (C=O) groups is 1. The normalized spacial score (nSPS) is 10.7. The summed E-state index contributed by atoms with van der Waals surface area (Å²) in [6, 6.07) is 9.77. The minimum absolute atomic E-state index is 0.0320. The molecule has 2 aromatic carbocycles. The van der Waals surface area contributed by atoms with E-state index in [9.17, 15) is 14.9 Å². The van der Waals surface area contributed by atoms with Crippen LogP contribution in [0.15, 0.2) is 41.6 Å². The highest BCUT2D eigenvalue weighted by Crippen LogP contribution is 2.25. The lowest BCUT2D eigenvalue weighted by Gasteiger charge is -2.12. The van der Waals surface area contributed by atoms with E-state index >= 15 is 0 Å². The summed E-state index contributed by atoms with van der Waals surface area (Å²) < 4.78 is 1.63. The van der Waals surface area contributed by atoms with Gasteiger partial charge in [-0.15, -0.1) is 5.10 Å². The molecule has 1 N–H and O–H groups in total. The number of benzene rings is 2. The third-order valence-corrected chi connectivity index (χ3v) is 4.90. The molecule has 0 saturated carbocycles. The van der Waals surface area contributed by atoms with Crippen molar-refractivity contribution in [2.45, 2.75) is 25.9 Å². The van der Waals surface area contributed by atoms with E-state index in [4.69, 9.17) is 0 Å². The van der Waals surface area contributed by atoms with Crippen molar-refractivity contribution in [2.24, 2.45) is 0 Å². The van der Waals surface area contributed by atoms with Crippen LogP contribution in [0.25, 0.3) is 5.69 Å². The summed E-state index contributed by atoms with van der Waals surface area (Å²) in [4.78, 5) is 22.4. The molecule has 28 heavy (non-hydrogen) atoms. The highest BCUT2D eigenvalue weighted by atomic mass is 32.2. The average Bonchev–Trinajstić information content (AvgIpc) is 3.07. The van der Waals surface area contributed by atoms with Crippen LogP contribution in [0.1, 0.15) is 16.7 Å². The topological polar surface area (TPSA) is 116 Å². The summed E-state index contributed by atoms with van der Waals surface area (Å²) in [6.07, 6.45) is 0. The number of rotatable bonds is 6. The smallest absolute Gasteiger partial charge is 0.269 e. The van der Waals surface area contributed by atoms with Gasteiger partial charge >= 0.3 is 0 Å². The Morgan fingerprint density at radius 3 is 2.43 bits per heavy atom. The van der Waals surface area contributed by atoms with E-state index in [0.29, 0.717) is 10.8 Å². The van der Waals surface area contributed by atoms with Crippen molar-refractivity contribution in [2.75, 3.05) is 11.1 Å². The molecule has 144 valence electrons. The zero-order chi connectivity index (χ0) is 20.3. The van der Waals surface area contributed by atoms with Crippen LogP contribution in [0.3, 0.4) is 0 Å². The second-order valence-electron chi connectivity index (χ2n) is 6.26. The Kier molecular flexibility index (Phi) is 5.69. The number of hydrogen-bond donors (Lipinski definition) is 1. The van der Waals surface area contributed by atoms with Gasteiger partial charge in [0.1, 0.15) is 0 Å². The van der Waals surface area contributed by atoms with Crippen molar-refractivity contribution in [3.05, 3.63) is 63.2 Å². The fourth-order valence-electron chi connectivity index (χ4n) is 2.91. The fourth-order valence-corrected chi connectivity index (χ4v) is 3.59. The van der Waals surface area contributed by atoms with Gasteiger partial charge in [0.2, 0.25) is 11.1 Å². The zero-order valence-electron chi connectivity index (χ0n) is 15.5. The summed E-state index contributed by atoms with van der Waals surface area (Å²) in [5.74, 6) is -0.160. The third kappa shape index (κ3) is 4.34. The number of anilines is 1. The molecule has 3 rings (SSSR count). The van der Waals surface area contributed by atoms with Gasteiger partial charge in [-0.3, -0.25) is 14.9 Å². The molecule has 0 aliphatic carbocycles. The van der Waals surface area contributed by atoms with Gasteiger partial charge in [-0.2, -0.15) is 4.68 Å². The van der Waals surface area contributed by atoms with Gasteiger partial charge in [-0.05, 0) is 54.5 Å². The van der Waals surface area contributed by atoms with E-state index in [1.165, 1.54) is 36.0 Å². The lowest BCUT2D eigenvalue weighted by molar-refractivity contribution is -0.384. The standard InChI is InChI=1S/C18H18N6O3S/c1-11-8-12(2)17(13(3)9-11)23-18(20-21-22-23)28-10-16(25)19-14-4-6-15(7-5-14)24(26)27/h4-9H,10H2,1-3H3,(H,19,25). The summed E-state index contributed by atoms with van der Waals surface area (Å²) in [6.45, 7) is 6.01. The van der Waals surface area contributed by atoms with Crippen molar-refractivity contribution >= 4 is 29.0 Å². The minimum atomic E-state index is -0.490. The highest BCUT2D eigenvalue weighted by Gasteiger charge is 2.15. The largest absolute Gasteiger partial charge is 0.325 e. The van der Waals surface area contributed by atoms with Crippen LogP contribution in [0.2, 0.25) is 0 Å². The van der Waals surface area contributed by atoms with Crippen LogP contribution in [-0.4, -0.2) is 36.8 Å². The predicted octanol–water partition coefficient (Wildman–Crippen LogP) is 3.23. The molecule has 1 aromatic heterocycles. The monoisotopic (exact) mass is 398 g/mol. The van der Waals surface area contributed by atoms with Gasteiger partial charge < -0.3 is 5.32 Å². The average molecular weight is 398 g/mol. The first-order chi connectivity index (χ1) is 13.3. The van der Waals surface area contributed by atoms with Crippen LogP contribution in [0.5, 0.6) is 0 Å². The lowest BCUT2D eigenvalue weighted by Crippen LogP contribution is -2.14. The number of non-ortho nitro benzene ring substituents is 1. The number of thioether (sulfide) groups is 1. The van der Waals surface area contributed by atoms with E-state index in [1.807, 2.05) is 20.8 Å². The van der Waals surface area contributed by atoms with E-state index in [2.05, 4.69) is 33.0 Å². The Morgan fingerprint density at radius 2 is 1.82 bits per heavy atom. The number of nitrogens with zero attached hydrogens (tertiary/aromatic N) is 5. The fraction of sp³-hybridized carbons (Fsp3) is 0.222. The molecular formula is C18H18N6O3S. The van der Waals surface area contributed by atoms with E-state index in [1.54, 1.807) is 4.68 Å². The van der Waals surface area contributed by atoms with Crippen LogP contribution >= 0.6 is 11.8 Å². The first kappa shape index (κ1) is 19.5. The number of carbonyl (C=O) groups excluding carboxylic acids is 1. The predicted molar refractivity (Wildman–Crippen MR) is 106 cm³/mol. The number of aryl methyl sites for hydroxylation is 3. The molecule has 0 spiro atoms. The minimum Gasteiger partial charge on any atom is -0.325 e. The first-order valence-corrected chi connectivity index (χ1v) is 9.37. The molecule has 0 fully saturated rings. The maximum absolute atomic E-state index is 12.2. The van der Waals surface area contributed by atoms with Crippen molar-refractivity contribution in [1.82, 2.24) is 20.2 Å². The number of amides is 1. The van der Waals surface area contributed by atoms with E-state index in [-0.39, 0.29) is 17.3 Å². The van der Waals surface area contributed by atoms with Gasteiger partial charge in [0.05, 0.1) is 16.4 Å². The Hall–Kier alpha value is -3.27. The number of hydrogen-bond acceptors (Lipinski definition) is 7. The molecule has 10 heteroatoms. The molecule has 0 saturated heterocycles. The maximum Gasteiger partial charge on any atom is 0.269 e. The van der Waals surface area contributed by atoms with Gasteiger partial charge in [0.15, 0.2) is 0 Å². The lowest BCUT2D eigenvalue weighted by atomic mass is 10.1. The number of nitro benzene ring substituents is 1. The van der Waals surface area contributed by atoms with Crippen molar-refractivity contribution in [1.29, 1.82) is 0 Å². The van der Waals surface area contributed by atoms with Gasteiger partial charge in [0, 0.05) is 17.8 Å². The quantitative estimate of drug-likeness (QED) is 0.385. The molecule has 0 aliphatic heterocycles. The highest BCUT2D eigenvalue weighted by molar-refractivity contribution is 7.99. The van der Waals surface area contributed by atoms with Crippen LogP contribution in [0.4, 0.5) is 11.4 Å². The summed E-state index contributed by atoms with van der Waals surface area (Å²) >= 11 is 1.21. The maximum atomic E-state index is 12.2. The third-order valence-electron chi connectivity index (χ3n) is 3.98. The molecule has 1 heterocycles. The summed E-state index contributed by atoms with van der Waals surface area (Å²) in [5, 5.41) is 25.7. The van der Waals surface area contributed by atoms with Gasteiger partial charge in [-0.25, -0.2) is 0 Å². The van der Waals surface area contributed by atoms with Crippen LogP contribution < -0.4 is 5.32 Å². The Labute approximate surface area is 165 Å². The molecular weight excluding hydrogens is 380 g/mol.